The molecule has 2 rings (SSSR count). The van der Waals surface area contributed by atoms with Gasteiger partial charge in [-0.25, -0.2) is 0 Å². The number of benzene rings is 1. The second-order valence-corrected chi connectivity index (χ2v) is 9.24. The molecular formula is C27H40O2. The normalized spacial score (nSPS) is 19.5. The second kappa shape index (κ2) is 10.7. The van der Waals surface area contributed by atoms with Gasteiger partial charge >= 0.3 is 0 Å². The largest absolute Gasteiger partial charge is 0.508 e. The summed E-state index contributed by atoms with van der Waals surface area (Å²) >= 11 is 0. The van der Waals surface area contributed by atoms with Crippen LogP contribution in [0.1, 0.15) is 90.7 Å². The Labute approximate surface area is 178 Å². The molecule has 1 N–H and O–H groups in total. The first-order valence-electron chi connectivity index (χ1n) is 11.2. The minimum absolute atomic E-state index is 0.116. The zero-order chi connectivity index (χ0) is 21.4. The van der Waals surface area contributed by atoms with Gasteiger partial charge in [-0.2, -0.15) is 0 Å². The molecule has 0 bridgehead atoms. The van der Waals surface area contributed by atoms with E-state index in [9.17, 15) is 5.11 Å². The molecule has 0 saturated carbocycles. The standard InChI is InChI=1S/C27H40O2/c1-20(2)10-7-11-21(3)12-8-13-22(4)14-9-18-27(6)19-17-24-23(5)25(28)15-16-26(24)29-27/h10,12,14-16,28H,7-9,11,13,17-19H2,1-6H3. The van der Waals surface area contributed by atoms with Crippen LogP contribution in [-0.4, -0.2) is 10.7 Å². The molecule has 1 heterocycles. The minimum atomic E-state index is -0.116. The van der Waals surface area contributed by atoms with Crippen molar-refractivity contribution in [3.63, 3.8) is 0 Å². The van der Waals surface area contributed by atoms with Crippen molar-refractivity contribution in [1.82, 2.24) is 0 Å². The molecule has 1 aliphatic heterocycles. The van der Waals surface area contributed by atoms with Crippen LogP contribution in [0.25, 0.3) is 0 Å². The number of rotatable bonds is 9. The maximum Gasteiger partial charge on any atom is 0.123 e. The highest BCUT2D eigenvalue weighted by Crippen LogP contribution is 2.39. The number of hydrogen-bond donors (Lipinski definition) is 1. The monoisotopic (exact) mass is 396 g/mol. The summed E-state index contributed by atoms with van der Waals surface area (Å²) in [6.45, 7) is 13.0. The average molecular weight is 397 g/mol. The van der Waals surface area contributed by atoms with Crippen molar-refractivity contribution in [3.8, 4) is 11.5 Å². The van der Waals surface area contributed by atoms with Crippen LogP contribution >= 0.6 is 0 Å². The predicted octanol–water partition coefficient (Wildman–Crippen LogP) is 7.98. The van der Waals surface area contributed by atoms with Gasteiger partial charge in [0.05, 0.1) is 0 Å². The Morgan fingerprint density at radius 3 is 2.28 bits per heavy atom. The summed E-state index contributed by atoms with van der Waals surface area (Å²) < 4.78 is 6.35. The highest BCUT2D eigenvalue weighted by atomic mass is 16.5. The molecule has 2 heteroatoms. The van der Waals surface area contributed by atoms with Crippen LogP contribution < -0.4 is 4.74 Å². The summed E-state index contributed by atoms with van der Waals surface area (Å²) in [5.41, 5.74) is 6.39. The Balaban J connectivity index is 1.78. The molecule has 0 amide bonds. The smallest absolute Gasteiger partial charge is 0.123 e. The molecule has 0 spiro atoms. The third kappa shape index (κ3) is 7.42. The van der Waals surface area contributed by atoms with E-state index in [1.54, 1.807) is 6.07 Å². The molecule has 160 valence electrons. The molecule has 1 aromatic rings. The van der Waals surface area contributed by atoms with Crippen molar-refractivity contribution < 1.29 is 9.84 Å². The molecule has 0 fully saturated rings. The third-order valence-corrected chi connectivity index (χ3v) is 6.08. The molecule has 1 aliphatic rings. The lowest BCUT2D eigenvalue weighted by atomic mass is 9.87. The van der Waals surface area contributed by atoms with E-state index in [4.69, 9.17) is 4.74 Å². The Hall–Kier alpha value is -1.96. The number of allylic oxidation sites excluding steroid dienone is 6. The number of hydrogen-bond acceptors (Lipinski definition) is 2. The van der Waals surface area contributed by atoms with E-state index in [-0.39, 0.29) is 5.60 Å². The summed E-state index contributed by atoms with van der Waals surface area (Å²) in [5.74, 6) is 1.32. The van der Waals surface area contributed by atoms with Gasteiger partial charge in [-0.05, 0) is 111 Å². The zero-order valence-corrected chi connectivity index (χ0v) is 19.4. The molecule has 0 aromatic heterocycles. The minimum Gasteiger partial charge on any atom is -0.508 e. The van der Waals surface area contributed by atoms with E-state index < -0.39 is 0 Å². The van der Waals surface area contributed by atoms with E-state index in [2.05, 4.69) is 52.8 Å². The van der Waals surface area contributed by atoms with Gasteiger partial charge in [0.2, 0.25) is 0 Å². The highest BCUT2D eigenvalue weighted by molar-refractivity contribution is 5.48. The molecule has 1 aromatic carbocycles. The number of aromatic hydroxyl groups is 1. The van der Waals surface area contributed by atoms with Crippen LogP contribution in [0.2, 0.25) is 0 Å². The topological polar surface area (TPSA) is 29.5 Å². The highest BCUT2D eigenvalue weighted by Gasteiger charge is 2.31. The van der Waals surface area contributed by atoms with E-state index in [0.717, 1.165) is 56.3 Å². The summed E-state index contributed by atoms with van der Waals surface area (Å²) in [5, 5.41) is 9.91. The SMILES string of the molecule is CC(C)=CCCC(C)=CCCC(C)=CCCC1(C)CCc2c(ccc(O)c2C)O1. The van der Waals surface area contributed by atoms with Gasteiger partial charge in [-0.15, -0.1) is 0 Å². The second-order valence-electron chi connectivity index (χ2n) is 9.24. The van der Waals surface area contributed by atoms with Gasteiger partial charge in [0.25, 0.3) is 0 Å². The van der Waals surface area contributed by atoms with Gasteiger partial charge < -0.3 is 9.84 Å². The Morgan fingerprint density at radius 1 is 1.00 bits per heavy atom. The van der Waals surface area contributed by atoms with Gasteiger partial charge in [0.1, 0.15) is 17.1 Å². The summed E-state index contributed by atoms with van der Waals surface area (Å²) in [6, 6.07) is 3.67. The van der Waals surface area contributed by atoms with Crippen LogP contribution in [0.15, 0.2) is 47.1 Å². The zero-order valence-electron chi connectivity index (χ0n) is 19.4. The van der Waals surface area contributed by atoms with Gasteiger partial charge in [-0.3, -0.25) is 0 Å². The van der Waals surface area contributed by atoms with Gasteiger partial charge in [0.15, 0.2) is 0 Å². The van der Waals surface area contributed by atoms with Crippen LogP contribution in [-0.2, 0) is 6.42 Å². The van der Waals surface area contributed by atoms with E-state index >= 15 is 0 Å². The fraction of sp³-hybridized carbons (Fsp3) is 0.556. The van der Waals surface area contributed by atoms with Crippen molar-refractivity contribution in [3.05, 3.63) is 58.2 Å². The fourth-order valence-corrected chi connectivity index (χ4v) is 3.97. The molecule has 2 nitrogen and oxygen atoms in total. The maximum atomic E-state index is 9.91. The molecule has 1 atom stereocenters. The lowest BCUT2D eigenvalue weighted by Gasteiger charge is -2.36. The molecule has 1 unspecified atom stereocenters. The third-order valence-electron chi connectivity index (χ3n) is 6.08. The van der Waals surface area contributed by atoms with E-state index in [1.807, 2.05) is 13.0 Å². The molecular weight excluding hydrogens is 356 g/mol. The lowest BCUT2D eigenvalue weighted by molar-refractivity contribution is 0.0568. The Morgan fingerprint density at radius 2 is 1.62 bits per heavy atom. The van der Waals surface area contributed by atoms with Crippen LogP contribution in [0.3, 0.4) is 0 Å². The van der Waals surface area contributed by atoms with Crippen molar-refractivity contribution in [2.75, 3.05) is 0 Å². The average Bonchev–Trinajstić information content (AvgIpc) is 2.64. The van der Waals surface area contributed by atoms with Crippen molar-refractivity contribution in [2.45, 2.75) is 98.5 Å². The van der Waals surface area contributed by atoms with Crippen molar-refractivity contribution in [1.29, 1.82) is 0 Å². The molecule has 0 radical (unpaired) electrons. The quantitative estimate of drug-likeness (QED) is 0.429. The molecule has 0 saturated heterocycles. The van der Waals surface area contributed by atoms with Crippen molar-refractivity contribution in [2.24, 2.45) is 0 Å². The first kappa shape index (κ1) is 23.3. The fourth-order valence-electron chi connectivity index (χ4n) is 3.97. The van der Waals surface area contributed by atoms with Crippen LogP contribution in [0.4, 0.5) is 0 Å². The van der Waals surface area contributed by atoms with Gasteiger partial charge in [0, 0.05) is 5.56 Å². The summed E-state index contributed by atoms with van der Waals surface area (Å²) in [7, 11) is 0. The lowest BCUT2D eigenvalue weighted by Crippen LogP contribution is -2.36. The van der Waals surface area contributed by atoms with Crippen LogP contribution in [0, 0.1) is 6.92 Å². The maximum absolute atomic E-state index is 9.91. The van der Waals surface area contributed by atoms with Gasteiger partial charge in [-0.1, -0.05) is 34.9 Å². The first-order chi connectivity index (χ1) is 13.7. The van der Waals surface area contributed by atoms with Crippen LogP contribution in [0.5, 0.6) is 11.5 Å². The van der Waals surface area contributed by atoms with E-state index in [1.165, 1.54) is 28.7 Å². The Bertz CT molecular complexity index is 778. The number of phenolic OH excluding ortho intramolecular Hbond substituents is 1. The summed E-state index contributed by atoms with van der Waals surface area (Å²) in [6.07, 6.45) is 15.8. The number of fused-ring (bicyclic) bond motifs is 1. The predicted molar refractivity (Wildman–Crippen MR) is 125 cm³/mol. The van der Waals surface area contributed by atoms with E-state index in [0.29, 0.717) is 5.75 Å². The molecule has 0 aliphatic carbocycles. The summed E-state index contributed by atoms with van der Waals surface area (Å²) in [4.78, 5) is 0. The number of phenols is 1. The first-order valence-corrected chi connectivity index (χ1v) is 11.2. The van der Waals surface area contributed by atoms with Crippen molar-refractivity contribution >= 4 is 0 Å². The Kier molecular flexibility index (Phi) is 8.61. The molecule has 29 heavy (non-hydrogen) atoms. The number of ether oxygens (including phenoxy) is 1.